The van der Waals surface area contributed by atoms with Crippen LogP contribution in [-0.4, -0.2) is 29.3 Å². The highest BCUT2D eigenvalue weighted by Crippen LogP contribution is 2.36. The van der Waals surface area contributed by atoms with E-state index in [1.165, 1.54) is 11.8 Å². The van der Waals surface area contributed by atoms with Crippen LogP contribution in [0.5, 0.6) is 17.2 Å². The quantitative estimate of drug-likeness (QED) is 0.235. The van der Waals surface area contributed by atoms with Gasteiger partial charge in [0.15, 0.2) is 11.5 Å². The number of thioether (sulfide) groups is 1. The molecule has 34 heavy (non-hydrogen) atoms. The molecule has 1 aliphatic rings. The maximum Gasteiger partial charge on any atom is 0.266 e. The van der Waals surface area contributed by atoms with Crippen LogP contribution in [0.25, 0.3) is 6.08 Å². The fraction of sp³-hybridized carbons (Fsp3) is 0.154. The van der Waals surface area contributed by atoms with Gasteiger partial charge >= 0.3 is 0 Å². The van der Waals surface area contributed by atoms with Crippen molar-refractivity contribution >= 4 is 56.2 Å². The minimum absolute atomic E-state index is 0.111. The Kier molecular flexibility index (Phi) is 7.92. The lowest BCUT2D eigenvalue weighted by molar-refractivity contribution is -0.122. The molecule has 1 heterocycles. The largest absolute Gasteiger partial charge is 0.497 e. The van der Waals surface area contributed by atoms with Crippen LogP contribution in [0.15, 0.2) is 76.1 Å². The van der Waals surface area contributed by atoms with E-state index in [0.29, 0.717) is 33.9 Å². The molecule has 8 heteroatoms. The molecule has 4 rings (SSSR count). The molecule has 0 N–H and O–H groups in total. The second-order valence-electron chi connectivity index (χ2n) is 7.44. The van der Waals surface area contributed by atoms with Crippen molar-refractivity contribution < 1.29 is 19.0 Å². The lowest BCUT2D eigenvalue weighted by atomic mass is 10.1. The fourth-order valence-corrected chi connectivity index (χ4v) is 4.86. The first-order valence-electron chi connectivity index (χ1n) is 10.4. The summed E-state index contributed by atoms with van der Waals surface area (Å²) in [7, 11) is 3.22. The minimum Gasteiger partial charge on any atom is -0.497 e. The lowest BCUT2D eigenvalue weighted by Gasteiger charge is -2.14. The van der Waals surface area contributed by atoms with Crippen molar-refractivity contribution in [2.24, 2.45) is 0 Å². The van der Waals surface area contributed by atoms with Crippen molar-refractivity contribution in [3.05, 3.63) is 92.8 Å². The Morgan fingerprint density at radius 3 is 2.32 bits per heavy atom. The number of carbonyl (C=O) groups excluding carboxylic acids is 1. The van der Waals surface area contributed by atoms with Crippen molar-refractivity contribution in [1.29, 1.82) is 0 Å². The lowest BCUT2D eigenvalue weighted by Crippen LogP contribution is -2.27. The molecular formula is C26H22BrNO4S2. The third kappa shape index (κ3) is 5.81. The van der Waals surface area contributed by atoms with Gasteiger partial charge in [-0.25, -0.2) is 0 Å². The van der Waals surface area contributed by atoms with Crippen LogP contribution in [0.2, 0.25) is 0 Å². The number of thiocarbonyl (C=S) groups is 1. The Hall–Kier alpha value is -2.81. The molecule has 0 aromatic heterocycles. The number of halogens is 1. The van der Waals surface area contributed by atoms with E-state index in [1.54, 1.807) is 19.1 Å². The summed E-state index contributed by atoms with van der Waals surface area (Å²) in [5.41, 5.74) is 2.86. The third-order valence-corrected chi connectivity index (χ3v) is 7.07. The van der Waals surface area contributed by atoms with Gasteiger partial charge in [-0.15, -0.1) is 0 Å². The molecule has 1 amide bonds. The van der Waals surface area contributed by atoms with Crippen LogP contribution in [0.3, 0.4) is 0 Å². The summed E-state index contributed by atoms with van der Waals surface area (Å²) in [5.74, 6) is 1.89. The van der Waals surface area contributed by atoms with E-state index < -0.39 is 0 Å². The number of carbonyl (C=O) groups is 1. The molecule has 1 fully saturated rings. The Bertz CT molecular complexity index is 1230. The first-order valence-corrected chi connectivity index (χ1v) is 12.4. The average Bonchev–Trinajstić information content (AvgIpc) is 3.11. The highest BCUT2D eigenvalue weighted by molar-refractivity contribution is 9.10. The smallest absolute Gasteiger partial charge is 0.266 e. The van der Waals surface area contributed by atoms with Gasteiger partial charge in [-0.1, -0.05) is 70.2 Å². The normalized spacial score (nSPS) is 14.6. The van der Waals surface area contributed by atoms with Crippen molar-refractivity contribution in [1.82, 2.24) is 4.90 Å². The van der Waals surface area contributed by atoms with E-state index in [4.69, 9.17) is 26.4 Å². The van der Waals surface area contributed by atoms with Crippen LogP contribution in [0.1, 0.15) is 16.7 Å². The molecule has 5 nitrogen and oxygen atoms in total. The predicted molar refractivity (Wildman–Crippen MR) is 143 cm³/mol. The third-order valence-electron chi connectivity index (χ3n) is 5.17. The first kappa shape index (κ1) is 24.3. The number of hydrogen-bond acceptors (Lipinski definition) is 6. The number of ether oxygens (including phenoxy) is 3. The number of benzene rings is 3. The Balaban J connectivity index is 1.46. The standard InChI is InChI=1S/C26H22BrNO4S2/c1-30-21-10-5-17(6-11-21)15-28-25(29)24(34-26(28)33)14-19-7-12-22(23(13-19)31-2)32-16-18-3-8-20(27)9-4-18/h3-14H,15-16H2,1-2H3. The van der Waals surface area contributed by atoms with Gasteiger partial charge < -0.3 is 14.2 Å². The Morgan fingerprint density at radius 2 is 1.65 bits per heavy atom. The van der Waals surface area contributed by atoms with E-state index in [2.05, 4.69) is 15.9 Å². The van der Waals surface area contributed by atoms with Crippen molar-refractivity contribution in [3.63, 3.8) is 0 Å². The van der Waals surface area contributed by atoms with Gasteiger partial charge in [0.25, 0.3) is 5.91 Å². The summed E-state index contributed by atoms with van der Waals surface area (Å²) in [6, 6.07) is 21.2. The van der Waals surface area contributed by atoms with Crippen molar-refractivity contribution in [2.75, 3.05) is 14.2 Å². The molecule has 0 unspecified atom stereocenters. The molecule has 0 atom stereocenters. The van der Waals surface area contributed by atoms with E-state index in [1.807, 2.05) is 72.8 Å². The topological polar surface area (TPSA) is 48.0 Å². The second-order valence-corrected chi connectivity index (χ2v) is 10.0. The van der Waals surface area contributed by atoms with Gasteiger partial charge in [0, 0.05) is 4.47 Å². The van der Waals surface area contributed by atoms with Gasteiger partial charge in [0.1, 0.15) is 16.7 Å². The van der Waals surface area contributed by atoms with Gasteiger partial charge in [-0.05, 0) is 59.2 Å². The molecule has 174 valence electrons. The van der Waals surface area contributed by atoms with Crippen LogP contribution in [0.4, 0.5) is 0 Å². The van der Waals surface area contributed by atoms with Gasteiger partial charge in [0.05, 0.1) is 25.7 Å². The van der Waals surface area contributed by atoms with E-state index in [-0.39, 0.29) is 5.91 Å². The Morgan fingerprint density at radius 1 is 0.941 bits per heavy atom. The molecule has 0 aliphatic carbocycles. The number of nitrogens with zero attached hydrogens (tertiary/aromatic N) is 1. The zero-order chi connectivity index (χ0) is 24.1. The molecule has 0 bridgehead atoms. The predicted octanol–water partition coefficient (Wildman–Crippen LogP) is 6.45. The summed E-state index contributed by atoms with van der Waals surface area (Å²) in [5, 5.41) is 0. The minimum atomic E-state index is -0.111. The molecule has 1 aliphatic heterocycles. The van der Waals surface area contributed by atoms with Gasteiger partial charge in [0.2, 0.25) is 0 Å². The van der Waals surface area contributed by atoms with Crippen LogP contribution < -0.4 is 14.2 Å². The van der Waals surface area contributed by atoms with E-state index >= 15 is 0 Å². The van der Waals surface area contributed by atoms with Gasteiger partial charge in [-0.2, -0.15) is 0 Å². The van der Waals surface area contributed by atoms with Crippen LogP contribution >= 0.6 is 39.9 Å². The molecule has 0 saturated carbocycles. The van der Waals surface area contributed by atoms with Crippen molar-refractivity contribution in [2.45, 2.75) is 13.2 Å². The molecule has 3 aromatic carbocycles. The molecular weight excluding hydrogens is 534 g/mol. The zero-order valence-corrected chi connectivity index (χ0v) is 21.8. The molecule has 3 aromatic rings. The van der Waals surface area contributed by atoms with E-state index in [0.717, 1.165) is 26.9 Å². The van der Waals surface area contributed by atoms with Crippen LogP contribution in [-0.2, 0) is 17.9 Å². The van der Waals surface area contributed by atoms with Gasteiger partial charge in [-0.3, -0.25) is 9.69 Å². The van der Waals surface area contributed by atoms with E-state index in [9.17, 15) is 4.79 Å². The monoisotopic (exact) mass is 555 g/mol. The highest BCUT2D eigenvalue weighted by atomic mass is 79.9. The van der Waals surface area contributed by atoms with Crippen molar-refractivity contribution in [3.8, 4) is 17.2 Å². The number of amides is 1. The molecule has 0 radical (unpaired) electrons. The zero-order valence-electron chi connectivity index (χ0n) is 18.6. The summed E-state index contributed by atoms with van der Waals surface area (Å²) in [4.78, 5) is 15.2. The van der Waals surface area contributed by atoms with Crippen LogP contribution in [0, 0.1) is 0 Å². The summed E-state index contributed by atoms with van der Waals surface area (Å²) < 4.78 is 18.2. The first-order chi connectivity index (χ1) is 16.5. The maximum atomic E-state index is 13.0. The average molecular weight is 557 g/mol. The Labute approximate surface area is 216 Å². The molecule has 1 saturated heterocycles. The summed E-state index contributed by atoms with van der Waals surface area (Å²) in [6.07, 6.45) is 1.83. The molecule has 0 spiro atoms. The summed E-state index contributed by atoms with van der Waals surface area (Å²) in [6.45, 7) is 0.838. The maximum absolute atomic E-state index is 13.0. The number of methoxy groups -OCH3 is 2. The second kappa shape index (κ2) is 11.1. The highest BCUT2D eigenvalue weighted by Gasteiger charge is 2.32. The fourth-order valence-electron chi connectivity index (χ4n) is 3.34. The number of rotatable bonds is 8. The SMILES string of the molecule is COc1ccc(CN2C(=O)C(=Cc3ccc(OCc4ccc(Br)cc4)c(OC)c3)SC2=S)cc1. The summed E-state index contributed by atoms with van der Waals surface area (Å²) >= 11 is 10.2. The number of hydrogen-bond donors (Lipinski definition) is 0.